The van der Waals surface area contributed by atoms with Gasteiger partial charge in [0.25, 0.3) is 5.91 Å². The van der Waals surface area contributed by atoms with Gasteiger partial charge in [0.1, 0.15) is 5.56 Å². The molecular formula is C29H44N6O6. The van der Waals surface area contributed by atoms with Crippen LogP contribution in [0.25, 0.3) is 6.20 Å². The van der Waals surface area contributed by atoms with Crippen LogP contribution in [0.3, 0.4) is 0 Å². The SMILES string of the molecule is CC(C)COc1c(C(=O)N[C@@H]2C3CCCC(C3)CC3(COC(N)=O)CC2C3)cnn1/C=C/C(C)(C)C(=O)NC(N)=O. The summed E-state index contributed by atoms with van der Waals surface area (Å²) in [5.41, 5.74) is 9.54. The Morgan fingerprint density at radius 3 is 2.56 bits per heavy atom. The molecule has 4 aliphatic carbocycles. The van der Waals surface area contributed by atoms with Gasteiger partial charge in [-0.3, -0.25) is 14.9 Å². The number of nitrogens with one attached hydrogen (secondary N) is 2. The molecule has 12 nitrogen and oxygen atoms in total. The van der Waals surface area contributed by atoms with Gasteiger partial charge in [0.2, 0.25) is 11.8 Å². The van der Waals surface area contributed by atoms with Gasteiger partial charge in [0.05, 0.1) is 24.8 Å². The average molecular weight is 573 g/mol. The quantitative estimate of drug-likeness (QED) is 0.331. The Balaban J connectivity index is 1.54. The molecule has 3 atom stereocenters. The monoisotopic (exact) mass is 572 g/mol. The minimum absolute atomic E-state index is 0.000530. The Labute approximate surface area is 240 Å². The van der Waals surface area contributed by atoms with Crippen molar-refractivity contribution in [2.45, 2.75) is 78.7 Å². The van der Waals surface area contributed by atoms with Crippen LogP contribution in [0.15, 0.2) is 12.3 Å². The highest BCUT2D eigenvalue weighted by Gasteiger charge is 2.53. The summed E-state index contributed by atoms with van der Waals surface area (Å²) in [7, 11) is 0. The van der Waals surface area contributed by atoms with Crippen LogP contribution in [0.2, 0.25) is 0 Å². The molecule has 1 aromatic heterocycles. The number of hydrogen-bond donors (Lipinski definition) is 4. The molecule has 4 fully saturated rings. The topological polar surface area (TPSA) is 181 Å². The van der Waals surface area contributed by atoms with Crippen LogP contribution in [-0.4, -0.2) is 53.0 Å². The first kappa shape index (κ1) is 30.4. The van der Waals surface area contributed by atoms with E-state index in [0.717, 1.165) is 44.9 Å². The number of hydrogen-bond acceptors (Lipinski definition) is 7. The van der Waals surface area contributed by atoms with Crippen LogP contribution >= 0.6 is 0 Å². The minimum atomic E-state index is -1.08. The number of ether oxygens (including phenoxy) is 2. The molecule has 0 aromatic carbocycles. The normalized spacial score (nSPS) is 27.3. The van der Waals surface area contributed by atoms with Gasteiger partial charge in [0.15, 0.2) is 0 Å². The van der Waals surface area contributed by atoms with Gasteiger partial charge in [0, 0.05) is 17.7 Å². The second-order valence-corrected chi connectivity index (χ2v) is 13.1. The van der Waals surface area contributed by atoms with E-state index in [9.17, 15) is 19.2 Å². The fourth-order valence-corrected chi connectivity index (χ4v) is 6.79. The molecule has 4 saturated carbocycles. The number of rotatable bonds is 10. The molecule has 5 rings (SSSR count). The highest BCUT2D eigenvalue weighted by Crippen LogP contribution is 2.57. The highest BCUT2D eigenvalue weighted by molar-refractivity contribution is 5.98. The fraction of sp³-hybridized carbons (Fsp3) is 0.690. The number of nitrogens with two attached hydrogens (primary N) is 2. The third-order valence-corrected chi connectivity index (χ3v) is 8.77. The van der Waals surface area contributed by atoms with Crippen LogP contribution in [-0.2, 0) is 9.53 Å². The molecular weight excluding hydrogens is 528 g/mol. The van der Waals surface area contributed by atoms with Crippen molar-refractivity contribution in [3.8, 4) is 5.88 Å². The van der Waals surface area contributed by atoms with Gasteiger partial charge in [-0.25, -0.2) is 14.3 Å². The third-order valence-electron chi connectivity index (χ3n) is 8.77. The summed E-state index contributed by atoms with van der Waals surface area (Å²) in [6.45, 7) is 7.98. The fourth-order valence-electron chi connectivity index (χ4n) is 6.79. The van der Waals surface area contributed by atoms with E-state index in [2.05, 4.69) is 15.7 Å². The Morgan fingerprint density at radius 2 is 1.90 bits per heavy atom. The molecule has 0 spiro atoms. The molecule has 4 aliphatic rings. The zero-order valence-electron chi connectivity index (χ0n) is 24.5. The van der Waals surface area contributed by atoms with Crippen LogP contribution < -0.4 is 26.8 Å². The summed E-state index contributed by atoms with van der Waals surface area (Å²) in [5.74, 6) is 0.877. The van der Waals surface area contributed by atoms with Crippen molar-refractivity contribution in [1.82, 2.24) is 20.4 Å². The molecule has 0 saturated heterocycles. The summed E-state index contributed by atoms with van der Waals surface area (Å²) in [5, 5.41) is 9.79. The van der Waals surface area contributed by atoms with Crippen molar-refractivity contribution < 1.29 is 28.7 Å². The lowest BCUT2D eigenvalue weighted by Gasteiger charge is -2.56. The van der Waals surface area contributed by atoms with Gasteiger partial charge in [-0.05, 0) is 69.6 Å². The van der Waals surface area contributed by atoms with E-state index < -0.39 is 23.4 Å². The number of imide groups is 1. The molecule has 0 aliphatic heterocycles. The molecule has 4 bridgehead atoms. The molecule has 2 unspecified atom stereocenters. The Hall–Kier alpha value is -3.57. The summed E-state index contributed by atoms with van der Waals surface area (Å²) in [6, 6.07) is -0.932. The van der Waals surface area contributed by atoms with Crippen LogP contribution in [0.4, 0.5) is 9.59 Å². The standard InChI is InChI=1S/C29H44N6O6/c1-17(2)15-40-24-21(14-32-35(24)9-8-28(3,4)25(37)34-26(30)38)23(36)33-22-19-7-5-6-18(10-19)11-29(12-20(22)13-29)16-41-27(31)39/h8-9,14,17-20,22H,5-7,10-13,15-16H2,1-4H3,(H2,31,39)(H,33,36)(H3,30,34,37,38)/b9-8+/t18?,19?,20?,22-,29?/m1/s1. The first-order chi connectivity index (χ1) is 19.3. The largest absolute Gasteiger partial charge is 0.477 e. The van der Waals surface area contributed by atoms with Gasteiger partial charge >= 0.3 is 12.1 Å². The number of urea groups is 1. The molecule has 1 aromatic rings. The van der Waals surface area contributed by atoms with E-state index in [1.165, 1.54) is 10.9 Å². The van der Waals surface area contributed by atoms with E-state index in [4.69, 9.17) is 20.9 Å². The number of carbonyl (C=O) groups excluding carboxylic acids is 4. The number of primary amides is 2. The lowest BCUT2D eigenvalue weighted by atomic mass is 9.51. The lowest BCUT2D eigenvalue weighted by Crippen LogP contribution is -2.57. The average Bonchev–Trinajstić information content (AvgIpc) is 3.28. The molecule has 5 amide bonds. The summed E-state index contributed by atoms with van der Waals surface area (Å²) in [4.78, 5) is 48.6. The predicted molar refractivity (Wildman–Crippen MR) is 151 cm³/mol. The van der Waals surface area contributed by atoms with Crippen molar-refractivity contribution in [1.29, 1.82) is 0 Å². The maximum absolute atomic E-state index is 13.8. The zero-order valence-corrected chi connectivity index (χ0v) is 24.5. The molecule has 41 heavy (non-hydrogen) atoms. The van der Waals surface area contributed by atoms with Crippen molar-refractivity contribution in [3.63, 3.8) is 0 Å². The Bertz CT molecular complexity index is 1180. The van der Waals surface area contributed by atoms with Crippen LogP contribution in [0.1, 0.15) is 83.0 Å². The van der Waals surface area contributed by atoms with Crippen molar-refractivity contribution in [2.75, 3.05) is 13.2 Å². The van der Waals surface area contributed by atoms with Gasteiger partial charge < -0.3 is 26.3 Å². The third kappa shape index (κ3) is 7.20. The van der Waals surface area contributed by atoms with Crippen LogP contribution in [0, 0.1) is 34.5 Å². The predicted octanol–water partition coefficient (Wildman–Crippen LogP) is 3.41. The maximum atomic E-state index is 13.8. The number of nitrogens with zero attached hydrogens (tertiary/aromatic N) is 2. The summed E-state index contributed by atoms with van der Waals surface area (Å²) < 4.78 is 12.7. The van der Waals surface area contributed by atoms with Crippen molar-refractivity contribution in [2.24, 2.45) is 46.0 Å². The second-order valence-electron chi connectivity index (χ2n) is 13.1. The van der Waals surface area contributed by atoms with E-state index in [1.807, 2.05) is 13.8 Å². The zero-order chi connectivity index (χ0) is 29.9. The molecule has 6 N–H and O–H groups in total. The lowest BCUT2D eigenvalue weighted by molar-refractivity contribution is -0.125. The highest BCUT2D eigenvalue weighted by atomic mass is 16.5. The van der Waals surface area contributed by atoms with Gasteiger partial charge in [-0.2, -0.15) is 5.10 Å². The van der Waals surface area contributed by atoms with E-state index >= 15 is 0 Å². The first-order valence-electron chi connectivity index (χ1n) is 14.5. The maximum Gasteiger partial charge on any atom is 0.404 e. The first-order valence-corrected chi connectivity index (χ1v) is 14.5. The molecule has 1 heterocycles. The number of amides is 5. The minimum Gasteiger partial charge on any atom is -0.477 e. The molecule has 0 radical (unpaired) electrons. The van der Waals surface area contributed by atoms with Crippen molar-refractivity contribution in [3.05, 3.63) is 17.8 Å². The van der Waals surface area contributed by atoms with Crippen LogP contribution in [0.5, 0.6) is 5.88 Å². The number of carbonyl (C=O) groups is 4. The smallest absolute Gasteiger partial charge is 0.404 e. The van der Waals surface area contributed by atoms with E-state index in [0.29, 0.717) is 36.5 Å². The Kier molecular flexibility index (Phi) is 8.98. The van der Waals surface area contributed by atoms with Gasteiger partial charge in [-0.15, -0.1) is 0 Å². The summed E-state index contributed by atoms with van der Waals surface area (Å²) >= 11 is 0. The molecule has 226 valence electrons. The molecule has 12 heteroatoms. The summed E-state index contributed by atoms with van der Waals surface area (Å²) in [6.07, 6.45) is 11.1. The Morgan fingerprint density at radius 1 is 1.17 bits per heavy atom. The van der Waals surface area contributed by atoms with Gasteiger partial charge in [-0.1, -0.05) is 32.8 Å². The van der Waals surface area contributed by atoms with Crippen molar-refractivity contribution >= 4 is 30.1 Å². The van der Waals surface area contributed by atoms with E-state index in [-0.39, 0.29) is 29.2 Å². The van der Waals surface area contributed by atoms with E-state index in [1.54, 1.807) is 26.1 Å². The number of aromatic nitrogens is 2. The second kappa shape index (κ2) is 12.1.